The predicted molar refractivity (Wildman–Crippen MR) is 452 cm³/mol. The molecule has 24 rings (SSSR count). The second-order valence-electron chi connectivity index (χ2n) is 28.4. The van der Waals surface area contributed by atoms with E-state index in [9.17, 15) is 0 Å². The zero-order chi connectivity index (χ0) is 70.7. The number of fused-ring (bicyclic) bond motifs is 24. The molecule has 0 aliphatic rings. The fourth-order valence-corrected chi connectivity index (χ4v) is 17.7. The minimum Gasteiger partial charge on any atom is -0.309 e. The lowest BCUT2D eigenvalue weighted by atomic mass is 9.98. The van der Waals surface area contributed by atoms with Crippen LogP contribution in [0.3, 0.4) is 0 Å². The summed E-state index contributed by atoms with van der Waals surface area (Å²) in [6, 6.07) is 131. The van der Waals surface area contributed by atoms with Crippen LogP contribution in [0.4, 0.5) is 0 Å². The monoisotopic (exact) mass is 1370 g/mol. The van der Waals surface area contributed by atoms with Gasteiger partial charge in [-0.05, 0) is 162 Å². The van der Waals surface area contributed by atoms with E-state index in [1.165, 1.54) is 119 Å². The molecule has 0 aliphatic heterocycles. The Labute approximate surface area is 617 Å². The van der Waals surface area contributed by atoms with Gasteiger partial charge in [0.2, 0.25) is 11.9 Å². The average molecular weight is 1370 g/mol. The molecule has 0 N–H and O–H groups in total. The van der Waals surface area contributed by atoms with Gasteiger partial charge in [0.1, 0.15) is 0 Å². The van der Waals surface area contributed by atoms with Gasteiger partial charge in [-0.2, -0.15) is 0 Å². The molecule has 0 saturated carbocycles. The minimum atomic E-state index is 0.654. The summed E-state index contributed by atoms with van der Waals surface area (Å²) in [6.45, 7) is 0. The standard InChI is InChI=1S/2C50H30N4/c1-3-13-36-31(11-1)21-22-33-29-34(23-26-37(33)36)49-41-17-5-8-18-43(41)51-50(52-49)54-46-28-25-35(30-42(46)48-38-14-4-2-12-32(38)24-27-47(48)54)53-44-19-9-6-15-39(44)40-16-7-10-20-45(40)53;1-3-13-36-31(11-1)21-22-33-23-24-34(29-41(33)36)49-40-17-5-8-18-43(40)51-50(52-49)54-46-28-26-35(30-42(46)48-37-14-4-2-12-32(37)25-27-47(48)54)53-44-19-9-6-15-38(44)39-16-7-10-20-45(39)53/h2*1-30H. The zero-order valence-electron chi connectivity index (χ0n) is 58.2. The number of hydrogen-bond donors (Lipinski definition) is 0. The molecule has 0 atom stereocenters. The predicted octanol–water partition coefficient (Wildman–Crippen LogP) is 25.9. The van der Waals surface area contributed by atoms with Gasteiger partial charge >= 0.3 is 0 Å². The normalized spacial score (nSPS) is 12.1. The van der Waals surface area contributed by atoms with Crippen molar-refractivity contribution < 1.29 is 0 Å². The van der Waals surface area contributed by atoms with Crippen LogP contribution in [0.25, 0.3) is 219 Å². The second kappa shape index (κ2) is 23.5. The minimum absolute atomic E-state index is 0.654. The summed E-state index contributed by atoms with van der Waals surface area (Å²) in [5.74, 6) is 1.31. The van der Waals surface area contributed by atoms with Crippen LogP contribution < -0.4 is 0 Å². The van der Waals surface area contributed by atoms with Crippen molar-refractivity contribution in [1.29, 1.82) is 0 Å². The summed E-state index contributed by atoms with van der Waals surface area (Å²) in [7, 11) is 0. The third kappa shape index (κ3) is 9.04. The summed E-state index contributed by atoms with van der Waals surface area (Å²) in [6.07, 6.45) is 0. The molecular formula is C100H60N8. The Morgan fingerprint density at radius 1 is 0.167 bits per heavy atom. The van der Waals surface area contributed by atoms with E-state index in [2.05, 4.69) is 382 Å². The molecule has 0 saturated heterocycles. The molecule has 500 valence electrons. The smallest absolute Gasteiger partial charge is 0.235 e. The fourth-order valence-electron chi connectivity index (χ4n) is 17.7. The topological polar surface area (TPSA) is 71.3 Å². The Morgan fingerprint density at radius 2 is 0.472 bits per heavy atom. The van der Waals surface area contributed by atoms with Gasteiger partial charge in [-0.1, -0.05) is 267 Å². The van der Waals surface area contributed by atoms with Gasteiger partial charge in [0.05, 0.1) is 66.6 Å². The van der Waals surface area contributed by atoms with Crippen LogP contribution >= 0.6 is 0 Å². The lowest BCUT2D eigenvalue weighted by molar-refractivity contribution is 1.01. The molecule has 18 aromatic carbocycles. The van der Waals surface area contributed by atoms with Crippen molar-refractivity contribution in [3.63, 3.8) is 0 Å². The van der Waals surface area contributed by atoms with Gasteiger partial charge in [-0.15, -0.1) is 0 Å². The number of aromatic nitrogens is 8. The first kappa shape index (κ1) is 59.9. The molecule has 24 aromatic rings. The molecule has 0 aliphatic carbocycles. The van der Waals surface area contributed by atoms with Crippen LogP contribution in [-0.2, 0) is 0 Å². The quantitative estimate of drug-likeness (QED) is 0.156. The van der Waals surface area contributed by atoms with Crippen molar-refractivity contribution in [2.24, 2.45) is 0 Å². The van der Waals surface area contributed by atoms with E-state index in [1.807, 2.05) is 0 Å². The Hall–Kier alpha value is -14.6. The molecule has 6 heterocycles. The van der Waals surface area contributed by atoms with Gasteiger partial charge in [0.15, 0.2) is 0 Å². The highest BCUT2D eigenvalue weighted by Gasteiger charge is 2.25. The molecule has 0 amide bonds. The first-order valence-corrected chi connectivity index (χ1v) is 36.8. The molecule has 0 spiro atoms. The summed E-state index contributed by atoms with van der Waals surface area (Å²) in [4.78, 5) is 21.5. The maximum Gasteiger partial charge on any atom is 0.235 e. The molecule has 0 radical (unpaired) electrons. The Morgan fingerprint density at radius 3 is 0.935 bits per heavy atom. The van der Waals surface area contributed by atoms with Gasteiger partial charge in [0.25, 0.3) is 0 Å². The molecule has 8 heteroatoms. The fraction of sp³-hybridized carbons (Fsp3) is 0. The van der Waals surface area contributed by atoms with Crippen molar-refractivity contribution in [2.75, 3.05) is 0 Å². The summed E-state index contributed by atoms with van der Waals surface area (Å²) >= 11 is 0. The number of hydrogen-bond acceptors (Lipinski definition) is 4. The van der Waals surface area contributed by atoms with E-state index in [1.54, 1.807) is 0 Å². The molecule has 0 bridgehead atoms. The van der Waals surface area contributed by atoms with Gasteiger partial charge < -0.3 is 9.13 Å². The Kier molecular flexibility index (Phi) is 13.0. The summed E-state index contributed by atoms with van der Waals surface area (Å²) in [5, 5.41) is 26.4. The first-order chi connectivity index (χ1) is 53.6. The van der Waals surface area contributed by atoms with Crippen molar-refractivity contribution in [3.05, 3.63) is 364 Å². The van der Waals surface area contributed by atoms with Crippen LogP contribution in [0, 0.1) is 0 Å². The second-order valence-corrected chi connectivity index (χ2v) is 28.4. The zero-order valence-corrected chi connectivity index (χ0v) is 58.2. The average Bonchev–Trinajstić information content (AvgIpc) is 1.56. The molecule has 108 heavy (non-hydrogen) atoms. The third-order valence-corrected chi connectivity index (χ3v) is 22.6. The van der Waals surface area contributed by atoms with E-state index >= 15 is 0 Å². The van der Waals surface area contributed by atoms with Gasteiger partial charge in [-0.3, -0.25) is 9.13 Å². The van der Waals surface area contributed by atoms with E-state index in [0.717, 1.165) is 88.5 Å². The van der Waals surface area contributed by atoms with Crippen molar-refractivity contribution in [1.82, 2.24) is 38.2 Å². The summed E-state index contributed by atoms with van der Waals surface area (Å²) in [5.41, 5.74) is 17.1. The Bertz CT molecular complexity index is 7860. The van der Waals surface area contributed by atoms with Gasteiger partial charge in [0, 0.05) is 76.4 Å². The largest absolute Gasteiger partial charge is 0.309 e. The number of benzene rings is 18. The van der Waals surface area contributed by atoms with Crippen LogP contribution in [0.15, 0.2) is 364 Å². The SMILES string of the molecule is c1ccc2c(c1)ccc1cc(-c3nc(-n4c5ccc(-n6c7ccccc7c7ccccc76)cc5c5c6ccccc6ccc54)nc4ccccc34)ccc12.c1ccc2c(c1)ccc1ccc(-c3nc(-n4c5ccc(-n6c7ccccc7c7ccccc76)cc5c5c6ccccc6ccc54)nc4ccccc34)cc12. The molecule has 6 aromatic heterocycles. The highest BCUT2D eigenvalue weighted by molar-refractivity contribution is 6.24. The van der Waals surface area contributed by atoms with Gasteiger partial charge in [-0.25, -0.2) is 19.9 Å². The van der Waals surface area contributed by atoms with E-state index in [-0.39, 0.29) is 0 Å². The number of rotatable bonds is 6. The van der Waals surface area contributed by atoms with E-state index in [4.69, 9.17) is 19.9 Å². The highest BCUT2D eigenvalue weighted by atomic mass is 15.2. The molecule has 0 unspecified atom stereocenters. The maximum absolute atomic E-state index is 5.48. The van der Waals surface area contributed by atoms with Crippen molar-refractivity contribution in [2.45, 2.75) is 0 Å². The highest BCUT2D eigenvalue weighted by Crippen LogP contribution is 2.44. The third-order valence-electron chi connectivity index (χ3n) is 22.6. The van der Waals surface area contributed by atoms with Crippen LogP contribution in [0.2, 0.25) is 0 Å². The van der Waals surface area contributed by atoms with E-state index in [0.29, 0.717) is 11.9 Å². The maximum atomic E-state index is 5.48. The van der Waals surface area contributed by atoms with Crippen LogP contribution in [-0.4, -0.2) is 38.2 Å². The first-order valence-electron chi connectivity index (χ1n) is 36.8. The van der Waals surface area contributed by atoms with Crippen LogP contribution in [0.5, 0.6) is 0 Å². The van der Waals surface area contributed by atoms with E-state index < -0.39 is 0 Å². The molecule has 8 nitrogen and oxygen atoms in total. The number of para-hydroxylation sites is 6. The van der Waals surface area contributed by atoms with Crippen molar-refractivity contribution >= 4 is 174 Å². The van der Waals surface area contributed by atoms with Crippen molar-refractivity contribution in [3.8, 4) is 45.8 Å². The summed E-state index contributed by atoms with van der Waals surface area (Å²) < 4.78 is 9.31. The van der Waals surface area contributed by atoms with Crippen LogP contribution in [0.1, 0.15) is 0 Å². The lowest BCUT2D eigenvalue weighted by Gasteiger charge is -2.13. The Balaban J connectivity index is 0.000000130. The molecule has 0 fully saturated rings. The lowest BCUT2D eigenvalue weighted by Crippen LogP contribution is -2.03. The molecular weight excluding hydrogens is 1310 g/mol. The number of nitrogens with zero attached hydrogens (tertiary/aromatic N) is 8.